The third-order valence-electron chi connectivity index (χ3n) is 3.27. The zero-order chi connectivity index (χ0) is 15.4. The molecule has 1 aliphatic heterocycles. The largest absolute Gasteiger partial charge is 0.352 e. The van der Waals surface area contributed by atoms with Gasteiger partial charge in [-0.3, -0.25) is 0 Å². The molecule has 1 unspecified atom stereocenters. The lowest BCUT2D eigenvalue weighted by atomic mass is 10.1. The highest BCUT2D eigenvalue weighted by molar-refractivity contribution is 8.06. The first-order chi connectivity index (χ1) is 10.0. The summed E-state index contributed by atoms with van der Waals surface area (Å²) in [6, 6.07) is 4.25. The summed E-state index contributed by atoms with van der Waals surface area (Å²) in [6.45, 7) is 8.33. The molecule has 1 aliphatic rings. The van der Waals surface area contributed by atoms with Gasteiger partial charge in [0.1, 0.15) is 11.6 Å². The lowest BCUT2D eigenvalue weighted by molar-refractivity contribution is 0.556. The Morgan fingerprint density at radius 3 is 2.76 bits per heavy atom. The van der Waals surface area contributed by atoms with Crippen molar-refractivity contribution >= 4 is 23.3 Å². The summed E-state index contributed by atoms with van der Waals surface area (Å²) in [7, 11) is 0. The molecule has 6 heteroatoms. The monoisotopic (exact) mass is 301 g/mol. The summed E-state index contributed by atoms with van der Waals surface area (Å²) in [6.07, 6.45) is 1.68. The normalized spacial score (nSPS) is 17.8. The number of hydrogen-bond acceptors (Lipinski definition) is 6. The second-order valence-electron chi connectivity index (χ2n) is 5.30. The third kappa shape index (κ3) is 3.76. The molecule has 0 saturated heterocycles. The van der Waals surface area contributed by atoms with E-state index < -0.39 is 0 Å². The van der Waals surface area contributed by atoms with E-state index in [2.05, 4.69) is 47.4 Å². The maximum Gasteiger partial charge on any atom is 0.223 e. The van der Waals surface area contributed by atoms with Crippen LogP contribution in [0.25, 0.3) is 5.57 Å². The second kappa shape index (κ2) is 6.64. The first-order valence-electron chi connectivity index (χ1n) is 6.86. The third-order valence-corrected chi connectivity index (χ3v) is 4.28. The van der Waals surface area contributed by atoms with E-state index >= 15 is 0 Å². The topological polar surface area (TPSA) is 73.6 Å². The molecule has 1 atom stereocenters. The number of nitriles is 1. The molecule has 0 radical (unpaired) electrons. The molecule has 0 aliphatic carbocycles. The number of rotatable bonds is 4. The van der Waals surface area contributed by atoms with Crippen LogP contribution in [0.15, 0.2) is 28.4 Å². The summed E-state index contributed by atoms with van der Waals surface area (Å²) in [5.74, 6) is 1.03. The second-order valence-corrected chi connectivity index (χ2v) is 6.18. The van der Waals surface area contributed by atoms with Gasteiger partial charge in [-0.2, -0.15) is 5.26 Å². The number of aromatic nitrogens is 2. The highest BCUT2D eigenvalue weighted by atomic mass is 32.2. The molecule has 2 N–H and O–H groups in total. The van der Waals surface area contributed by atoms with Crippen LogP contribution in [-0.2, 0) is 0 Å². The van der Waals surface area contributed by atoms with Gasteiger partial charge in [0.2, 0.25) is 5.95 Å². The highest BCUT2D eigenvalue weighted by Crippen LogP contribution is 2.30. The molecule has 0 bridgehead atoms. The number of nitrogens with zero attached hydrogens (tertiary/aromatic N) is 3. The maximum atomic E-state index is 9.42. The van der Waals surface area contributed by atoms with Crippen molar-refractivity contribution in [3.63, 3.8) is 0 Å². The van der Waals surface area contributed by atoms with Crippen LogP contribution in [0.1, 0.15) is 33.4 Å². The highest BCUT2D eigenvalue weighted by Gasteiger charge is 2.16. The van der Waals surface area contributed by atoms with Crippen molar-refractivity contribution in [2.24, 2.45) is 5.92 Å². The fraction of sp³-hybridized carbons (Fsp3) is 0.400. The van der Waals surface area contributed by atoms with Crippen LogP contribution >= 0.6 is 11.8 Å². The number of nitrogens with one attached hydrogen (secondary N) is 2. The number of hydrogen-bond donors (Lipinski definition) is 2. The van der Waals surface area contributed by atoms with Crippen LogP contribution in [0.4, 0.5) is 5.95 Å². The Kier molecular flexibility index (Phi) is 4.86. The van der Waals surface area contributed by atoms with E-state index in [0.29, 0.717) is 23.1 Å². The van der Waals surface area contributed by atoms with E-state index in [1.165, 1.54) is 11.8 Å². The molecule has 5 nitrogen and oxygen atoms in total. The Morgan fingerprint density at radius 2 is 2.19 bits per heavy atom. The molecule has 2 rings (SSSR count). The van der Waals surface area contributed by atoms with Crippen molar-refractivity contribution < 1.29 is 0 Å². The van der Waals surface area contributed by atoms with Gasteiger partial charge in [0.15, 0.2) is 0 Å². The Labute approximate surface area is 129 Å². The Hall–Kier alpha value is -2.00. The molecule has 1 aromatic rings. The van der Waals surface area contributed by atoms with E-state index in [1.807, 2.05) is 12.3 Å². The zero-order valence-corrected chi connectivity index (χ0v) is 13.5. The van der Waals surface area contributed by atoms with Crippen LogP contribution < -0.4 is 10.6 Å². The molecular formula is C15H19N5S. The quantitative estimate of drug-likeness (QED) is 0.831. The molecule has 0 saturated carbocycles. The van der Waals surface area contributed by atoms with Crippen LogP contribution in [-0.4, -0.2) is 16.0 Å². The summed E-state index contributed by atoms with van der Waals surface area (Å²) >= 11 is 1.51. The van der Waals surface area contributed by atoms with Crippen molar-refractivity contribution in [1.29, 1.82) is 5.26 Å². The number of allylic oxidation sites excluding steroid dienone is 2. The maximum absolute atomic E-state index is 9.42. The SMILES string of the molecule is CC1=CSC(=C(C#N)c2ccnc(NC(C)C(C)C)n2)N1. The average molecular weight is 301 g/mol. The van der Waals surface area contributed by atoms with Crippen molar-refractivity contribution in [3.05, 3.63) is 34.1 Å². The molecular weight excluding hydrogens is 282 g/mol. The minimum absolute atomic E-state index is 0.265. The van der Waals surface area contributed by atoms with Crippen LogP contribution in [0, 0.1) is 17.2 Å². The summed E-state index contributed by atoms with van der Waals surface area (Å²) in [5.41, 5.74) is 2.20. The minimum Gasteiger partial charge on any atom is -0.352 e. The van der Waals surface area contributed by atoms with Crippen LogP contribution in [0.3, 0.4) is 0 Å². The van der Waals surface area contributed by atoms with Gasteiger partial charge in [-0.05, 0) is 31.2 Å². The first kappa shape index (κ1) is 15.4. The van der Waals surface area contributed by atoms with Gasteiger partial charge in [0, 0.05) is 17.9 Å². The predicted molar refractivity (Wildman–Crippen MR) is 87.0 cm³/mol. The molecule has 1 aromatic heterocycles. The summed E-state index contributed by atoms with van der Waals surface area (Å²) in [4.78, 5) is 8.68. The lowest BCUT2D eigenvalue weighted by Gasteiger charge is -2.17. The van der Waals surface area contributed by atoms with Gasteiger partial charge in [-0.25, -0.2) is 9.97 Å². The van der Waals surface area contributed by atoms with Crippen molar-refractivity contribution in [1.82, 2.24) is 15.3 Å². The van der Waals surface area contributed by atoms with Crippen LogP contribution in [0.2, 0.25) is 0 Å². The van der Waals surface area contributed by atoms with Gasteiger partial charge in [-0.15, -0.1) is 0 Å². The summed E-state index contributed by atoms with van der Waals surface area (Å²) in [5, 5.41) is 18.7. The number of anilines is 1. The van der Waals surface area contributed by atoms with Crippen molar-refractivity contribution in [2.45, 2.75) is 33.7 Å². The fourth-order valence-corrected chi connectivity index (χ4v) is 2.51. The Morgan fingerprint density at radius 1 is 1.43 bits per heavy atom. The molecule has 0 spiro atoms. The molecule has 110 valence electrons. The number of thioether (sulfide) groups is 1. The van der Waals surface area contributed by atoms with Gasteiger partial charge in [0.05, 0.1) is 10.7 Å². The van der Waals surface area contributed by atoms with Crippen molar-refractivity contribution in [3.8, 4) is 6.07 Å². The smallest absolute Gasteiger partial charge is 0.223 e. The predicted octanol–water partition coefficient (Wildman–Crippen LogP) is 3.32. The lowest BCUT2D eigenvalue weighted by Crippen LogP contribution is -2.23. The van der Waals surface area contributed by atoms with Crippen molar-refractivity contribution in [2.75, 3.05) is 5.32 Å². The fourth-order valence-electron chi connectivity index (χ4n) is 1.67. The van der Waals surface area contributed by atoms with E-state index in [1.54, 1.807) is 12.3 Å². The minimum atomic E-state index is 0.265. The van der Waals surface area contributed by atoms with Gasteiger partial charge in [-0.1, -0.05) is 25.6 Å². The Balaban J connectivity index is 2.26. The van der Waals surface area contributed by atoms with Gasteiger partial charge >= 0.3 is 0 Å². The Bertz CT molecular complexity index is 627. The molecule has 2 heterocycles. The van der Waals surface area contributed by atoms with Gasteiger partial charge < -0.3 is 10.6 Å². The van der Waals surface area contributed by atoms with Gasteiger partial charge in [0.25, 0.3) is 0 Å². The van der Waals surface area contributed by atoms with E-state index in [9.17, 15) is 5.26 Å². The molecule has 0 aromatic carbocycles. The first-order valence-corrected chi connectivity index (χ1v) is 7.74. The standard InChI is InChI=1S/C15H19N5S/c1-9(2)11(4)19-15-17-6-5-13(20-15)12(7-16)14-18-10(3)8-21-14/h5-6,8-9,11,18H,1-4H3,(H,17,19,20). The average Bonchev–Trinajstić information content (AvgIpc) is 2.86. The molecule has 21 heavy (non-hydrogen) atoms. The molecule has 0 amide bonds. The van der Waals surface area contributed by atoms with E-state index in [-0.39, 0.29) is 6.04 Å². The van der Waals surface area contributed by atoms with Crippen LogP contribution in [0.5, 0.6) is 0 Å². The summed E-state index contributed by atoms with van der Waals surface area (Å²) < 4.78 is 0. The molecule has 0 fully saturated rings. The van der Waals surface area contributed by atoms with E-state index in [0.717, 1.165) is 10.7 Å². The zero-order valence-electron chi connectivity index (χ0n) is 12.6. The van der Waals surface area contributed by atoms with E-state index in [4.69, 9.17) is 0 Å².